The second kappa shape index (κ2) is 5.72. The molecule has 1 heterocycles. The summed E-state index contributed by atoms with van der Waals surface area (Å²) in [6, 6.07) is 2.67. The number of carbonyl (C=O) groups is 1. The molecule has 1 amide bonds. The number of benzene rings is 1. The monoisotopic (exact) mass is 342 g/mol. The molecule has 110 valence electrons. The van der Waals surface area contributed by atoms with Crippen molar-refractivity contribution >= 4 is 27.5 Å². The van der Waals surface area contributed by atoms with Crippen molar-refractivity contribution < 1.29 is 9.18 Å². The van der Waals surface area contributed by atoms with Gasteiger partial charge in [-0.25, -0.2) is 4.39 Å². The number of nitrogens with zero attached hydrogens (tertiary/aromatic N) is 1. The molecule has 1 saturated heterocycles. The number of nitrogens with two attached hydrogens (primary N) is 1. The van der Waals surface area contributed by atoms with Crippen LogP contribution in [-0.2, 0) is 0 Å². The molecular formula is C15H20BrFN2O. The van der Waals surface area contributed by atoms with Gasteiger partial charge >= 0.3 is 0 Å². The molecule has 0 bridgehead atoms. The lowest BCUT2D eigenvalue weighted by Gasteiger charge is -2.24. The van der Waals surface area contributed by atoms with E-state index in [0.717, 1.165) is 32.4 Å². The van der Waals surface area contributed by atoms with Gasteiger partial charge in [-0.2, -0.15) is 0 Å². The molecular weight excluding hydrogens is 323 g/mol. The summed E-state index contributed by atoms with van der Waals surface area (Å²) in [5.41, 5.74) is 6.28. The molecule has 0 aromatic heterocycles. The highest BCUT2D eigenvalue weighted by molar-refractivity contribution is 9.10. The third kappa shape index (κ3) is 3.32. The van der Waals surface area contributed by atoms with Crippen LogP contribution in [0.15, 0.2) is 16.6 Å². The lowest BCUT2D eigenvalue weighted by Crippen LogP contribution is -2.32. The van der Waals surface area contributed by atoms with Crippen molar-refractivity contribution in [2.45, 2.75) is 33.1 Å². The normalized spacial score (nSPS) is 18.7. The number of halogens is 2. The first-order valence-electron chi connectivity index (χ1n) is 6.84. The molecule has 20 heavy (non-hydrogen) atoms. The molecule has 5 heteroatoms. The molecule has 0 unspecified atom stereocenters. The van der Waals surface area contributed by atoms with Crippen molar-refractivity contribution in [3.05, 3.63) is 28.0 Å². The summed E-state index contributed by atoms with van der Waals surface area (Å²) < 4.78 is 13.8. The molecule has 1 aliphatic heterocycles. The quantitative estimate of drug-likeness (QED) is 0.788. The summed E-state index contributed by atoms with van der Waals surface area (Å²) in [5.74, 6) is -0.591. The molecule has 1 aliphatic rings. The van der Waals surface area contributed by atoms with Crippen LogP contribution in [0.4, 0.5) is 10.1 Å². The zero-order valence-corrected chi connectivity index (χ0v) is 13.5. The number of likely N-dealkylation sites (tertiary alicyclic amines) is 1. The Morgan fingerprint density at radius 2 is 2.05 bits per heavy atom. The Bertz CT molecular complexity index is 531. The Morgan fingerprint density at radius 3 is 2.75 bits per heavy atom. The second-order valence-electron chi connectivity index (χ2n) is 6.16. The van der Waals surface area contributed by atoms with Crippen molar-refractivity contribution in [2.75, 3.05) is 18.8 Å². The molecule has 0 aliphatic carbocycles. The standard InChI is InChI=1S/C15H20BrFN2O/c1-15(2)4-3-6-19(7-5-15)14(20)10-8-13(18)12(17)9-11(10)16/h8-9H,3-7,18H2,1-2H3. The van der Waals surface area contributed by atoms with Gasteiger partial charge in [-0.1, -0.05) is 13.8 Å². The summed E-state index contributed by atoms with van der Waals surface area (Å²) >= 11 is 3.25. The van der Waals surface area contributed by atoms with Crippen LogP contribution < -0.4 is 5.73 Å². The first kappa shape index (κ1) is 15.3. The zero-order chi connectivity index (χ0) is 14.9. The van der Waals surface area contributed by atoms with Crippen LogP contribution in [0.3, 0.4) is 0 Å². The van der Waals surface area contributed by atoms with E-state index in [4.69, 9.17) is 5.73 Å². The van der Waals surface area contributed by atoms with Gasteiger partial charge in [-0.05, 0) is 52.7 Å². The van der Waals surface area contributed by atoms with Crippen LogP contribution in [0.2, 0.25) is 0 Å². The zero-order valence-electron chi connectivity index (χ0n) is 11.9. The molecule has 1 fully saturated rings. The summed E-state index contributed by atoms with van der Waals surface area (Å²) in [6.45, 7) is 5.93. The average molecular weight is 343 g/mol. The van der Waals surface area contributed by atoms with E-state index in [0.29, 0.717) is 10.0 Å². The van der Waals surface area contributed by atoms with Gasteiger partial charge in [0.1, 0.15) is 5.82 Å². The third-order valence-electron chi connectivity index (χ3n) is 3.94. The molecule has 2 rings (SSSR count). The molecule has 0 saturated carbocycles. The van der Waals surface area contributed by atoms with Crippen LogP contribution in [0, 0.1) is 11.2 Å². The maximum atomic E-state index is 13.4. The Hall–Kier alpha value is -1.10. The van der Waals surface area contributed by atoms with E-state index >= 15 is 0 Å². The van der Waals surface area contributed by atoms with Gasteiger partial charge in [0, 0.05) is 17.6 Å². The van der Waals surface area contributed by atoms with Crippen LogP contribution in [-0.4, -0.2) is 23.9 Å². The first-order chi connectivity index (χ1) is 9.30. The van der Waals surface area contributed by atoms with Crippen molar-refractivity contribution in [1.29, 1.82) is 0 Å². The van der Waals surface area contributed by atoms with Gasteiger partial charge in [-0.15, -0.1) is 0 Å². The summed E-state index contributed by atoms with van der Waals surface area (Å²) in [6.07, 6.45) is 3.09. The van der Waals surface area contributed by atoms with Crippen molar-refractivity contribution in [3.8, 4) is 0 Å². The molecule has 1 aromatic carbocycles. The molecule has 2 N–H and O–H groups in total. The SMILES string of the molecule is CC1(C)CCCN(C(=O)c2cc(N)c(F)cc2Br)CC1. The van der Waals surface area contributed by atoms with E-state index in [9.17, 15) is 9.18 Å². The Balaban J connectivity index is 2.21. The van der Waals surface area contributed by atoms with Gasteiger partial charge < -0.3 is 10.6 Å². The predicted molar refractivity (Wildman–Crippen MR) is 82.0 cm³/mol. The maximum Gasteiger partial charge on any atom is 0.255 e. The average Bonchev–Trinajstić information content (AvgIpc) is 2.54. The van der Waals surface area contributed by atoms with Crippen molar-refractivity contribution in [2.24, 2.45) is 5.41 Å². The highest BCUT2D eigenvalue weighted by atomic mass is 79.9. The van der Waals surface area contributed by atoms with Crippen LogP contribution in [0.1, 0.15) is 43.5 Å². The molecule has 0 spiro atoms. The maximum absolute atomic E-state index is 13.4. The van der Waals surface area contributed by atoms with E-state index in [-0.39, 0.29) is 17.0 Å². The number of hydrogen-bond acceptors (Lipinski definition) is 2. The van der Waals surface area contributed by atoms with E-state index in [1.165, 1.54) is 12.1 Å². The second-order valence-corrected chi connectivity index (χ2v) is 7.02. The molecule has 0 atom stereocenters. The Labute approximate surface area is 127 Å². The number of hydrogen-bond donors (Lipinski definition) is 1. The van der Waals surface area contributed by atoms with Gasteiger partial charge in [0.2, 0.25) is 0 Å². The van der Waals surface area contributed by atoms with Crippen molar-refractivity contribution in [1.82, 2.24) is 4.90 Å². The fourth-order valence-electron chi connectivity index (χ4n) is 2.53. The highest BCUT2D eigenvalue weighted by Crippen LogP contribution is 2.31. The Kier molecular flexibility index (Phi) is 4.37. The fourth-order valence-corrected chi connectivity index (χ4v) is 3.01. The van der Waals surface area contributed by atoms with Gasteiger partial charge in [0.25, 0.3) is 5.91 Å². The Morgan fingerprint density at radius 1 is 1.35 bits per heavy atom. The topological polar surface area (TPSA) is 46.3 Å². The van der Waals surface area contributed by atoms with E-state index in [2.05, 4.69) is 29.8 Å². The molecule has 0 radical (unpaired) electrons. The first-order valence-corrected chi connectivity index (χ1v) is 7.63. The van der Waals surface area contributed by atoms with E-state index < -0.39 is 5.82 Å². The number of amides is 1. The smallest absolute Gasteiger partial charge is 0.255 e. The fraction of sp³-hybridized carbons (Fsp3) is 0.533. The molecule has 1 aromatic rings. The largest absolute Gasteiger partial charge is 0.396 e. The number of anilines is 1. The molecule has 3 nitrogen and oxygen atoms in total. The van der Waals surface area contributed by atoms with Gasteiger partial charge in [-0.3, -0.25) is 4.79 Å². The van der Waals surface area contributed by atoms with Crippen LogP contribution in [0.5, 0.6) is 0 Å². The minimum Gasteiger partial charge on any atom is -0.396 e. The van der Waals surface area contributed by atoms with Crippen LogP contribution >= 0.6 is 15.9 Å². The third-order valence-corrected chi connectivity index (χ3v) is 4.60. The highest BCUT2D eigenvalue weighted by Gasteiger charge is 2.27. The van der Waals surface area contributed by atoms with Crippen LogP contribution in [0.25, 0.3) is 0 Å². The summed E-state index contributed by atoms with van der Waals surface area (Å²) in [4.78, 5) is 14.4. The lowest BCUT2D eigenvalue weighted by atomic mass is 9.85. The minimum absolute atomic E-state index is 0.00621. The van der Waals surface area contributed by atoms with Crippen molar-refractivity contribution in [3.63, 3.8) is 0 Å². The summed E-state index contributed by atoms with van der Waals surface area (Å²) in [7, 11) is 0. The number of carbonyl (C=O) groups excluding carboxylic acids is 1. The minimum atomic E-state index is -0.509. The van der Waals surface area contributed by atoms with E-state index in [1.54, 1.807) is 0 Å². The van der Waals surface area contributed by atoms with E-state index in [1.807, 2.05) is 4.90 Å². The van der Waals surface area contributed by atoms with Gasteiger partial charge in [0.05, 0.1) is 11.3 Å². The number of nitrogen functional groups attached to an aromatic ring is 1. The lowest BCUT2D eigenvalue weighted by molar-refractivity contribution is 0.0756. The summed E-state index contributed by atoms with van der Waals surface area (Å²) in [5, 5.41) is 0. The number of rotatable bonds is 1. The predicted octanol–water partition coefficient (Wildman–Crippen LogP) is 3.82. The van der Waals surface area contributed by atoms with Gasteiger partial charge in [0.15, 0.2) is 0 Å².